The number of aromatic amines is 1. The smallest absolute Gasteiger partial charge is 0.344 e. The van der Waals surface area contributed by atoms with Gasteiger partial charge in [0.25, 0.3) is 0 Å². The number of pyridine rings is 1. The molecule has 4 aromatic rings. The highest BCUT2D eigenvalue weighted by Crippen LogP contribution is 2.36. The number of carbonyl (C=O) groups excluding carboxylic acids is 1. The van der Waals surface area contributed by atoms with Crippen LogP contribution in [-0.2, 0) is 21.6 Å². The summed E-state index contributed by atoms with van der Waals surface area (Å²) in [5.41, 5.74) is 2.68. The van der Waals surface area contributed by atoms with E-state index in [9.17, 15) is 4.79 Å². The maximum Gasteiger partial charge on any atom is 0.344 e. The molecule has 5 rings (SSSR count). The van der Waals surface area contributed by atoms with Crippen molar-refractivity contribution in [3.8, 4) is 22.9 Å². The van der Waals surface area contributed by atoms with Gasteiger partial charge in [0, 0.05) is 43.3 Å². The normalized spacial score (nSPS) is 14.8. The number of likely N-dealkylation sites (tertiary alicyclic amines) is 1. The maximum absolute atomic E-state index is 11.7. The van der Waals surface area contributed by atoms with Gasteiger partial charge in [-0.2, -0.15) is 5.10 Å². The largest absolute Gasteiger partial charge is 0.493 e. The molecule has 2 N–H and O–H groups in total. The molecule has 40 heavy (non-hydrogen) atoms. The monoisotopic (exact) mass is 542 g/mol. The zero-order chi connectivity index (χ0) is 27.8. The second kappa shape index (κ2) is 12.6. The number of benzene rings is 2. The van der Waals surface area contributed by atoms with Crippen LogP contribution in [0.2, 0.25) is 0 Å². The number of rotatable bonds is 11. The van der Waals surface area contributed by atoms with Gasteiger partial charge >= 0.3 is 5.97 Å². The lowest BCUT2D eigenvalue weighted by atomic mass is 9.86. The molecule has 0 aliphatic carbocycles. The Labute approximate surface area is 233 Å². The number of ether oxygens (including phenoxy) is 3. The fourth-order valence-electron chi connectivity index (χ4n) is 4.94. The molecule has 3 heterocycles. The van der Waals surface area contributed by atoms with Gasteiger partial charge in [0.1, 0.15) is 0 Å². The van der Waals surface area contributed by atoms with Crippen molar-refractivity contribution in [2.75, 3.05) is 38.7 Å². The molecule has 1 aliphatic rings. The van der Waals surface area contributed by atoms with E-state index < -0.39 is 11.5 Å². The molecule has 2 aromatic carbocycles. The number of piperidine rings is 1. The summed E-state index contributed by atoms with van der Waals surface area (Å²) in [6, 6.07) is 19.8. The quantitative estimate of drug-likeness (QED) is 0.266. The Kier molecular flexibility index (Phi) is 8.56. The summed E-state index contributed by atoms with van der Waals surface area (Å²) in [5, 5.41) is 11.5. The number of esters is 1. The Hall–Kier alpha value is -4.44. The third kappa shape index (κ3) is 6.40. The van der Waals surface area contributed by atoms with Crippen LogP contribution in [0.25, 0.3) is 11.4 Å². The fraction of sp³-hybridized carbons (Fsp3) is 0.333. The lowest BCUT2D eigenvalue weighted by Gasteiger charge is -2.41. The SMILES string of the molecule is CCOC(=O)COc1ccc(CN2CCC(Nc3ccccc3)(c3nc(-c4ccncc4)n[nH]3)CC2)cc1OC. The van der Waals surface area contributed by atoms with Crippen LogP contribution in [0.15, 0.2) is 73.1 Å². The molecule has 1 saturated heterocycles. The van der Waals surface area contributed by atoms with E-state index in [2.05, 4.69) is 37.5 Å². The summed E-state index contributed by atoms with van der Waals surface area (Å²) >= 11 is 0. The molecule has 2 aromatic heterocycles. The Morgan fingerprint density at radius 2 is 1.82 bits per heavy atom. The van der Waals surface area contributed by atoms with E-state index in [4.69, 9.17) is 19.2 Å². The van der Waals surface area contributed by atoms with E-state index in [1.165, 1.54) is 0 Å². The molecule has 1 fully saturated rings. The van der Waals surface area contributed by atoms with Crippen molar-refractivity contribution in [1.29, 1.82) is 0 Å². The lowest BCUT2D eigenvalue weighted by Crippen LogP contribution is -2.47. The minimum Gasteiger partial charge on any atom is -0.493 e. The predicted molar refractivity (Wildman–Crippen MR) is 151 cm³/mol. The minimum absolute atomic E-state index is 0.156. The van der Waals surface area contributed by atoms with Crippen LogP contribution in [0.3, 0.4) is 0 Å². The van der Waals surface area contributed by atoms with E-state index >= 15 is 0 Å². The first-order valence-electron chi connectivity index (χ1n) is 13.4. The number of H-pyrrole nitrogens is 1. The molecular formula is C30H34N6O4. The second-order valence-corrected chi connectivity index (χ2v) is 9.67. The number of hydrogen-bond acceptors (Lipinski definition) is 9. The highest BCUT2D eigenvalue weighted by atomic mass is 16.6. The standard InChI is InChI=1S/C30H34N6O4/c1-3-39-27(37)21-40-25-10-9-22(19-26(25)38-2)20-36-17-13-30(14-18-36,33-24-7-5-4-6-8-24)29-32-28(34-35-29)23-11-15-31-16-12-23/h4-12,15-16,19,33H,3,13-14,17-18,20-21H2,1-2H3,(H,32,34,35). The molecule has 0 unspecified atom stereocenters. The average molecular weight is 543 g/mol. The van der Waals surface area contributed by atoms with Crippen molar-refractivity contribution in [2.24, 2.45) is 0 Å². The van der Waals surface area contributed by atoms with Gasteiger partial charge in [-0.15, -0.1) is 0 Å². The predicted octanol–water partition coefficient (Wildman–Crippen LogP) is 4.42. The van der Waals surface area contributed by atoms with Gasteiger partial charge in [-0.05, 0) is 61.7 Å². The summed E-state index contributed by atoms with van der Waals surface area (Å²) in [7, 11) is 1.60. The lowest BCUT2D eigenvalue weighted by molar-refractivity contribution is -0.145. The molecule has 1 aliphatic heterocycles. The first-order chi connectivity index (χ1) is 19.6. The zero-order valence-corrected chi connectivity index (χ0v) is 22.8. The van der Waals surface area contributed by atoms with Crippen LogP contribution < -0.4 is 14.8 Å². The second-order valence-electron chi connectivity index (χ2n) is 9.67. The van der Waals surface area contributed by atoms with Gasteiger partial charge in [0.05, 0.1) is 19.3 Å². The van der Waals surface area contributed by atoms with Gasteiger partial charge in [-0.3, -0.25) is 15.0 Å². The topological polar surface area (TPSA) is 114 Å². The fourth-order valence-corrected chi connectivity index (χ4v) is 4.94. The van der Waals surface area contributed by atoms with Crippen LogP contribution in [-0.4, -0.2) is 64.4 Å². The molecule has 10 heteroatoms. The Morgan fingerprint density at radius 1 is 1.05 bits per heavy atom. The molecule has 0 saturated carbocycles. The number of carbonyl (C=O) groups is 1. The third-order valence-corrected chi connectivity index (χ3v) is 7.03. The number of aromatic nitrogens is 4. The van der Waals surface area contributed by atoms with Crippen molar-refractivity contribution in [3.63, 3.8) is 0 Å². The first kappa shape index (κ1) is 27.1. The third-order valence-electron chi connectivity index (χ3n) is 7.03. The summed E-state index contributed by atoms with van der Waals surface area (Å²) in [4.78, 5) is 23.1. The average Bonchev–Trinajstić information content (AvgIpc) is 3.50. The van der Waals surface area contributed by atoms with Gasteiger partial charge in [0.2, 0.25) is 0 Å². The molecule has 0 amide bonds. The first-order valence-corrected chi connectivity index (χ1v) is 13.4. The van der Waals surface area contributed by atoms with E-state index in [1.807, 2.05) is 48.5 Å². The van der Waals surface area contributed by atoms with Crippen molar-refractivity contribution in [2.45, 2.75) is 31.8 Å². The number of para-hydroxylation sites is 1. The molecule has 208 valence electrons. The van der Waals surface area contributed by atoms with Crippen LogP contribution in [0.4, 0.5) is 5.69 Å². The Bertz CT molecular complexity index is 1390. The molecular weight excluding hydrogens is 508 g/mol. The van der Waals surface area contributed by atoms with Gasteiger partial charge in [0.15, 0.2) is 29.8 Å². The number of anilines is 1. The van der Waals surface area contributed by atoms with Crippen molar-refractivity contribution >= 4 is 11.7 Å². The van der Waals surface area contributed by atoms with E-state index in [1.54, 1.807) is 26.4 Å². The number of methoxy groups -OCH3 is 1. The molecule has 0 radical (unpaired) electrons. The molecule has 10 nitrogen and oxygen atoms in total. The van der Waals surface area contributed by atoms with Crippen molar-refractivity contribution < 1.29 is 19.0 Å². The highest BCUT2D eigenvalue weighted by Gasteiger charge is 2.39. The molecule has 0 bridgehead atoms. The zero-order valence-electron chi connectivity index (χ0n) is 22.8. The van der Waals surface area contributed by atoms with Crippen molar-refractivity contribution in [3.05, 3.63) is 84.4 Å². The number of hydrogen-bond donors (Lipinski definition) is 2. The summed E-state index contributed by atoms with van der Waals surface area (Å²) in [6.07, 6.45) is 5.17. The van der Waals surface area contributed by atoms with Crippen LogP contribution in [0.5, 0.6) is 11.5 Å². The van der Waals surface area contributed by atoms with Gasteiger partial charge in [-0.1, -0.05) is 24.3 Å². The maximum atomic E-state index is 11.7. The van der Waals surface area contributed by atoms with Crippen LogP contribution >= 0.6 is 0 Å². The highest BCUT2D eigenvalue weighted by molar-refractivity contribution is 5.71. The minimum atomic E-state index is -0.408. The number of nitrogens with zero attached hydrogens (tertiary/aromatic N) is 4. The summed E-state index contributed by atoms with van der Waals surface area (Å²) < 4.78 is 16.1. The number of nitrogens with one attached hydrogen (secondary N) is 2. The van der Waals surface area contributed by atoms with Crippen LogP contribution in [0.1, 0.15) is 31.2 Å². The van der Waals surface area contributed by atoms with Gasteiger partial charge < -0.3 is 19.5 Å². The van der Waals surface area contributed by atoms with E-state index in [0.29, 0.717) is 23.9 Å². The summed E-state index contributed by atoms with van der Waals surface area (Å²) in [5.74, 6) is 2.18. The Morgan fingerprint density at radius 3 is 2.55 bits per heavy atom. The van der Waals surface area contributed by atoms with Crippen LogP contribution in [0, 0.1) is 0 Å². The summed E-state index contributed by atoms with van der Waals surface area (Å²) in [6.45, 7) is 4.40. The molecule has 0 spiro atoms. The van der Waals surface area contributed by atoms with E-state index in [0.717, 1.165) is 55.1 Å². The van der Waals surface area contributed by atoms with Gasteiger partial charge in [-0.25, -0.2) is 9.78 Å². The van der Waals surface area contributed by atoms with E-state index in [-0.39, 0.29) is 6.61 Å². The van der Waals surface area contributed by atoms with Crippen molar-refractivity contribution in [1.82, 2.24) is 25.1 Å². The Balaban J connectivity index is 1.29. The molecule has 0 atom stereocenters.